The monoisotopic (exact) mass is 423 g/mol. The summed E-state index contributed by atoms with van der Waals surface area (Å²) in [5.41, 5.74) is 2.21. The van der Waals surface area contributed by atoms with E-state index in [1.54, 1.807) is 18.2 Å². The highest BCUT2D eigenvalue weighted by molar-refractivity contribution is 6.42. The van der Waals surface area contributed by atoms with Crippen molar-refractivity contribution in [2.45, 2.75) is 6.92 Å². The fraction of sp³-hybridized carbons (Fsp3) is 0.350. The van der Waals surface area contributed by atoms with Gasteiger partial charge in [0.05, 0.1) is 23.3 Å². The Balaban J connectivity index is 1.54. The fourth-order valence-electron chi connectivity index (χ4n) is 2.81. The maximum absolute atomic E-state index is 12.2. The number of halogens is 2. The first-order chi connectivity index (χ1) is 13.5. The van der Waals surface area contributed by atoms with Crippen LogP contribution in [0.3, 0.4) is 0 Å². The molecule has 2 aromatic carbocycles. The van der Waals surface area contributed by atoms with Crippen LogP contribution in [0.4, 0.5) is 16.2 Å². The lowest BCUT2D eigenvalue weighted by Crippen LogP contribution is -2.38. The molecule has 0 unspecified atom stereocenters. The molecule has 2 N–H and O–H groups in total. The molecule has 2 amide bonds. The van der Waals surface area contributed by atoms with Gasteiger partial charge >= 0.3 is 6.03 Å². The molecule has 150 valence electrons. The molecule has 28 heavy (non-hydrogen) atoms. The second kappa shape index (κ2) is 9.98. The van der Waals surface area contributed by atoms with E-state index in [1.165, 1.54) is 0 Å². The number of aryl methyl sites for hydroxylation is 1. The van der Waals surface area contributed by atoms with E-state index in [2.05, 4.69) is 15.5 Å². The summed E-state index contributed by atoms with van der Waals surface area (Å²) in [7, 11) is 0. The minimum absolute atomic E-state index is 0.374. The minimum atomic E-state index is -0.374. The first-order valence-electron chi connectivity index (χ1n) is 9.08. The molecule has 0 atom stereocenters. The van der Waals surface area contributed by atoms with E-state index in [-0.39, 0.29) is 6.03 Å². The summed E-state index contributed by atoms with van der Waals surface area (Å²) in [6.07, 6.45) is 0. The van der Waals surface area contributed by atoms with Crippen molar-refractivity contribution in [3.05, 3.63) is 52.0 Å². The Hall–Kier alpha value is -1.99. The molecule has 3 rings (SSSR count). The standard InChI is InChI=1S/C20H23Cl2N3O3/c1-14-2-3-16(13-19(14)28-11-8-25-6-9-27-10-7-25)24-20(26)23-15-4-5-17(21)18(22)12-15/h2-5,12-13H,6-11H2,1H3,(H2,23,24,26). The Kier molecular flexibility index (Phi) is 7.39. The van der Waals surface area contributed by atoms with Gasteiger partial charge in [0.2, 0.25) is 0 Å². The van der Waals surface area contributed by atoms with Gasteiger partial charge < -0.3 is 20.1 Å². The maximum atomic E-state index is 12.2. The molecule has 1 aliphatic heterocycles. The second-order valence-electron chi connectivity index (χ2n) is 6.49. The van der Waals surface area contributed by atoms with E-state index < -0.39 is 0 Å². The van der Waals surface area contributed by atoms with Gasteiger partial charge in [0.25, 0.3) is 0 Å². The number of benzene rings is 2. The van der Waals surface area contributed by atoms with Gasteiger partial charge in [-0.15, -0.1) is 0 Å². The molecule has 0 bridgehead atoms. The Morgan fingerprint density at radius 3 is 2.46 bits per heavy atom. The third kappa shape index (κ3) is 6.01. The third-order valence-corrected chi connectivity index (χ3v) is 5.13. The second-order valence-corrected chi connectivity index (χ2v) is 7.31. The lowest BCUT2D eigenvalue weighted by Gasteiger charge is -2.26. The summed E-state index contributed by atoms with van der Waals surface area (Å²) in [6, 6.07) is 10.1. The van der Waals surface area contributed by atoms with Gasteiger partial charge in [0, 0.05) is 37.1 Å². The maximum Gasteiger partial charge on any atom is 0.323 e. The van der Waals surface area contributed by atoms with E-state index in [9.17, 15) is 4.79 Å². The molecule has 1 saturated heterocycles. The number of nitrogens with one attached hydrogen (secondary N) is 2. The molecule has 8 heteroatoms. The lowest BCUT2D eigenvalue weighted by atomic mass is 10.2. The zero-order valence-corrected chi connectivity index (χ0v) is 17.1. The van der Waals surface area contributed by atoms with Crippen LogP contribution < -0.4 is 15.4 Å². The van der Waals surface area contributed by atoms with Crippen LogP contribution in [0.2, 0.25) is 10.0 Å². The zero-order valence-electron chi connectivity index (χ0n) is 15.6. The van der Waals surface area contributed by atoms with Crippen LogP contribution in [0.15, 0.2) is 36.4 Å². The van der Waals surface area contributed by atoms with Crippen molar-refractivity contribution >= 4 is 40.6 Å². The molecule has 1 aliphatic rings. The summed E-state index contributed by atoms with van der Waals surface area (Å²) >= 11 is 11.9. The van der Waals surface area contributed by atoms with Crippen LogP contribution in [0, 0.1) is 6.92 Å². The van der Waals surface area contributed by atoms with Gasteiger partial charge in [0.15, 0.2) is 0 Å². The summed E-state index contributed by atoms with van der Waals surface area (Å²) in [5, 5.41) is 6.34. The molecule has 0 aromatic heterocycles. The van der Waals surface area contributed by atoms with Crippen LogP contribution >= 0.6 is 23.2 Å². The number of carbonyl (C=O) groups excluding carboxylic acids is 1. The van der Waals surface area contributed by atoms with Crippen LogP contribution in [-0.4, -0.2) is 50.4 Å². The highest BCUT2D eigenvalue weighted by Crippen LogP contribution is 2.26. The Bertz CT molecular complexity index is 826. The summed E-state index contributed by atoms with van der Waals surface area (Å²) in [6.45, 7) is 6.80. The van der Waals surface area contributed by atoms with Crippen molar-refractivity contribution in [2.75, 3.05) is 50.1 Å². The van der Waals surface area contributed by atoms with Gasteiger partial charge in [-0.1, -0.05) is 29.3 Å². The minimum Gasteiger partial charge on any atom is -0.492 e. The Labute approximate surface area is 174 Å². The molecule has 0 saturated carbocycles. The average Bonchev–Trinajstić information content (AvgIpc) is 2.68. The van der Waals surface area contributed by atoms with Gasteiger partial charge in [-0.2, -0.15) is 0 Å². The van der Waals surface area contributed by atoms with E-state index in [0.29, 0.717) is 28.0 Å². The number of anilines is 2. The van der Waals surface area contributed by atoms with E-state index in [4.69, 9.17) is 32.7 Å². The van der Waals surface area contributed by atoms with E-state index >= 15 is 0 Å². The van der Waals surface area contributed by atoms with Crippen LogP contribution in [0.1, 0.15) is 5.56 Å². The largest absolute Gasteiger partial charge is 0.492 e. The zero-order chi connectivity index (χ0) is 19.9. The van der Waals surface area contributed by atoms with E-state index in [1.807, 2.05) is 25.1 Å². The van der Waals surface area contributed by atoms with Crippen molar-refractivity contribution < 1.29 is 14.3 Å². The number of hydrogen-bond acceptors (Lipinski definition) is 4. The fourth-order valence-corrected chi connectivity index (χ4v) is 3.11. The van der Waals surface area contributed by atoms with Gasteiger partial charge in [0.1, 0.15) is 12.4 Å². The first kappa shape index (κ1) is 20.7. The molecule has 0 radical (unpaired) electrons. The predicted molar refractivity (Wildman–Crippen MR) is 113 cm³/mol. The summed E-state index contributed by atoms with van der Waals surface area (Å²) in [4.78, 5) is 14.5. The summed E-state index contributed by atoms with van der Waals surface area (Å²) < 4.78 is 11.3. The van der Waals surface area contributed by atoms with Crippen LogP contribution in [0.5, 0.6) is 5.75 Å². The lowest BCUT2D eigenvalue weighted by molar-refractivity contribution is 0.0322. The molecule has 2 aromatic rings. The van der Waals surface area contributed by atoms with Crippen LogP contribution in [0.25, 0.3) is 0 Å². The highest BCUT2D eigenvalue weighted by atomic mass is 35.5. The molecule has 1 heterocycles. The number of morpholine rings is 1. The van der Waals surface area contributed by atoms with Gasteiger partial charge in [-0.3, -0.25) is 4.90 Å². The topological polar surface area (TPSA) is 62.8 Å². The van der Waals surface area contributed by atoms with Crippen molar-refractivity contribution in [3.8, 4) is 5.75 Å². The smallest absolute Gasteiger partial charge is 0.323 e. The SMILES string of the molecule is Cc1ccc(NC(=O)Nc2ccc(Cl)c(Cl)c2)cc1OCCN1CCOCC1. The number of amides is 2. The number of nitrogens with zero attached hydrogens (tertiary/aromatic N) is 1. The number of hydrogen-bond donors (Lipinski definition) is 2. The van der Waals surface area contributed by atoms with Gasteiger partial charge in [-0.05, 0) is 36.8 Å². The first-order valence-corrected chi connectivity index (χ1v) is 9.83. The molecule has 6 nitrogen and oxygen atoms in total. The number of ether oxygens (including phenoxy) is 2. The predicted octanol–water partition coefficient (Wildman–Crippen LogP) is 4.66. The van der Waals surface area contributed by atoms with Crippen molar-refractivity contribution in [1.82, 2.24) is 4.90 Å². The number of urea groups is 1. The normalized spacial score (nSPS) is 14.5. The number of rotatable bonds is 6. The summed E-state index contributed by atoms with van der Waals surface area (Å²) in [5.74, 6) is 0.751. The number of carbonyl (C=O) groups is 1. The van der Waals surface area contributed by atoms with Gasteiger partial charge in [-0.25, -0.2) is 4.79 Å². The van der Waals surface area contributed by atoms with Crippen molar-refractivity contribution in [1.29, 1.82) is 0 Å². The third-order valence-electron chi connectivity index (χ3n) is 4.39. The Morgan fingerprint density at radius 2 is 1.75 bits per heavy atom. The molecule has 1 fully saturated rings. The quantitative estimate of drug-likeness (QED) is 0.709. The average molecular weight is 424 g/mol. The van der Waals surface area contributed by atoms with Crippen LogP contribution in [-0.2, 0) is 4.74 Å². The Morgan fingerprint density at radius 1 is 1.07 bits per heavy atom. The van der Waals surface area contributed by atoms with Crippen molar-refractivity contribution in [3.63, 3.8) is 0 Å². The molecule has 0 aliphatic carbocycles. The van der Waals surface area contributed by atoms with Crippen molar-refractivity contribution in [2.24, 2.45) is 0 Å². The molecule has 0 spiro atoms. The molecular weight excluding hydrogens is 401 g/mol. The van der Waals surface area contributed by atoms with E-state index in [0.717, 1.165) is 44.2 Å². The molecular formula is C20H23Cl2N3O3. The highest BCUT2D eigenvalue weighted by Gasteiger charge is 2.11.